The molecule has 0 radical (unpaired) electrons. The average molecular weight is 186 g/mol. The van der Waals surface area contributed by atoms with Gasteiger partial charge < -0.3 is 0 Å². The van der Waals surface area contributed by atoms with Crippen LogP contribution in [0.2, 0.25) is 0 Å². The molecule has 0 atom stereocenters. The molecule has 0 fully saturated rings. The third-order valence-electron chi connectivity index (χ3n) is 1.79. The number of hydrogen-bond acceptors (Lipinski definition) is 0. The number of halogens is 3. The lowest BCUT2D eigenvalue weighted by Crippen LogP contribution is -2.15. The van der Waals surface area contributed by atoms with Gasteiger partial charge in [-0.05, 0) is 27.2 Å². The van der Waals surface area contributed by atoms with E-state index in [-0.39, 0.29) is 0 Å². The Hall–Kier alpha value is 0.0900. The molecule has 0 aliphatic rings. The van der Waals surface area contributed by atoms with Crippen molar-refractivity contribution in [3.05, 3.63) is 0 Å². The van der Waals surface area contributed by atoms with Crippen LogP contribution in [0.25, 0.3) is 0 Å². The first-order valence-electron chi connectivity index (χ1n) is 3.35. The summed E-state index contributed by atoms with van der Waals surface area (Å²) in [7, 11) is 0. The van der Waals surface area contributed by atoms with Crippen molar-refractivity contribution in [1.82, 2.24) is 0 Å². The maximum Gasteiger partial charge on any atom is 0.392 e. The van der Waals surface area contributed by atoms with Crippen LogP contribution in [0.4, 0.5) is 13.2 Å². The summed E-state index contributed by atoms with van der Waals surface area (Å²) < 4.78 is 35.8. The molecule has 4 heteroatoms. The molecule has 68 valence electrons. The summed E-state index contributed by atoms with van der Waals surface area (Å²) in [5.41, 5.74) is 0. The van der Waals surface area contributed by atoms with Gasteiger partial charge in [0.15, 0.2) is 0 Å². The van der Waals surface area contributed by atoms with Gasteiger partial charge in [-0.15, -0.1) is 6.89 Å². The van der Waals surface area contributed by atoms with Gasteiger partial charge in [-0.1, -0.05) is 5.29 Å². The Morgan fingerprint density at radius 1 is 1.18 bits per heavy atom. The Kier molecular flexibility index (Phi) is 3.25. The summed E-state index contributed by atoms with van der Waals surface area (Å²) >= 11 is 0. The number of hydrogen-bond donors (Lipinski definition) is 0. The van der Waals surface area contributed by atoms with Crippen LogP contribution < -0.4 is 0 Å². The zero-order chi connectivity index (χ0) is 9.28. The Balaban J connectivity index is 4.52. The molecule has 0 heterocycles. The maximum absolute atomic E-state index is 11.9. The topological polar surface area (TPSA) is 0 Å². The smallest absolute Gasteiger partial charge is 0.171 e. The summed E-state index contributed by atoms with van der Waals surface area (Å²) in [6.45, 7) is 5.15. The Morgan fingerprint density at radius 3 is 1.64 bits per heavy atom. The summed E-state index contributed by atoms with van der Waals surface area (Å²) in [6.07, 6.45) is -4.63. The Bertz CT molecular complexity index is 180. The van der Waals surface area contributed by atoms with Crippen LogP contribution in [0, 0.1) is 0 Å². The molecule has 0 aromatic carbocycles. The molecule has 0 aromatic heterocycles. The zero-order valence-electron chi connectivity index (χ0n) is 7.29. The van der Waals surface area contributed by atoms with Gasteiger partial charge in [0.1, 0.15) is 0 Å². The molecule has 0 nitrogen and oxygen atoms in total. The quantitative estimate of drug-likeness (QED) is 0.552. The van der Waals surface area contributed by atoms with Crippen molar-refractivity contribution < 1.29 is 13.2 Å². The highest BCUT2D eigenvalue weighted by atomic mass is 31.2. The molecule has 0 saturated heterocycles. The van der Waals surface area contributed by atoms with Crippen molar-refractivity contribution >= 4 is 12.2 Å². The maximum atomic E-state index is 11.9. The van der Waals surface area contributed by atoms with Crippen LogP contribution in [0.1, 0.15) is 13.8 Å². The van der Waals surface area contributed by atoms with Crippen LogP contribution in [0.15, 0.2) is 0 Å². The van der Waals surface area contributed by atoms with Crippen LogP contribution in [-0.2, 0) is 0 Å². The molecule has 0 N–H and O–H groups in total. The first kappa shape index (κ1) is 11.1. The molecule has 0 rings (SSSR count). The van der Waals surface area contributed by atoms with E-state index in [9.17, 15) is 13.2 Å². The molecule has 0 unspecified atom stereocenters. The summed E-state index contributed by atoms with van der Waals surface area (Å²) in [5.74, 6) is 0. The van der Waals surface area contributed by atoms with E-state index in [2.05, 4.69) is 0 Å². The molecule has 0 saturated carbocycles. The van der Waals surface area contributed by atoms with E-state index in [1.54, 1.807) is 27.2 Å². The Labute approximate surface area is 65.8 Å². The highest BCUT2D eigenvalue weighted by Crippen LogP contribution is 2.45. The van der Waals surface area contributed by atoms with Gasteiger partial charge in [-0.2, -0.15) is 13.2 Å². The number of rotatable bonds is 1. The van der Waals surface area contributed by atoms with E-state index in [0.717, 1.165) is 5.29 Å². The van der Waals surface area contributed by atoms with Crippen LogP contribution in [0.3, 0.4) is 0 Å². The predicted octanol–water partition coefficient (Wildman–Crippen LogP) is 3.04. The molecular weight excluding hydrogens is 172 g/mol. The third-order valence-corrected chi connectivity index (χ3v) is 5.36. The second-order valence-corrected chi connectivity index (χ2v) is 7.99. The summed E-state index contributed by atoms with van der Waals surface area (Å²) in [4.78, 5) is 0. The van der Waals surface area contributed by atoms with Crippen LogP contribution in [-0.4, -0.2) is 31.0 Å². The van der Waals surface area contributed by atoms with Crippen molar-refractivity contribution in [2.45, 2.75) is 20.0 Å². The van der Waals surface area contributed by atoms with Crippen molar-refractivity contribution in [2.75, 3.05) is 19.5 Å². The van der Waals surface area contributed by atoms with Crippen molar-refractivity contribution in [2.24, 2.45) is 0 Å². The standard InChI is InChI=1S/C7H14F3P/c1-6(2)11(3,4)5-7(8,9)10/h5H2,1-4H3. The molecule has 0 aromatic rings. The monoisotopic (exact) mass is 186 g/mol. The fraction of sp³-hybridized carbons (Fsp3) is 0.857. The first-order valence-corrected chi connectivity index (χ1v) is 6.22. The van der Waals surface area contributed by atoms with Gasteiger partial charge in [-0.25, -0.2) is 0 Å². The summed E-state index contributed by atoms with van der Waals surface area (Å²) in [6, 6.07) is 0. The lowest BCUT2D eigenvalue weighted by atomic mass is 10.6. The molecule has 0 bridgehead atoms. The predicted molar refractivity (Wildman–Crippen MR) is 46.0 cm³/mol. The van der Waals surface area contributed by atoms with Crippen LogP contribution in [0.5, 0.6) is 0 Å². The second kappa shape index (κ2) is 3.22. The van der Waals surface area contributed by atoms with E-state index in [1.165, 1.54) is 0 Å². The lowest BCUT2D eigenvalue weighted by molar-refractivity contribution is -0.106. The van der Waals surface area contributed by atoms with Gasteiger partial charge in [0.2, 0.25) is 0 Å². The lowest BCUT2D eigenvalue weighted by Gasteiger charge is -2.19. The largest absolute Gasteiger partial charge is 0.392 e. The van der Waals surface area contributed by atoms with Crippen molar-refractivity contribution in [3.8, 4) is 0 Å². The van der Waals surface area contributed by atoms with E-state index in [1.807, 2.05) is 0 Å². The van der Waals surface area contributed by atoms with Crippen molar-refractivity contribution in [1.29, 1.82) is 0 Å². The molecule has 0 amide bonds. The average Bonchev–Trinajstić information content (AvgIpc) is 1.56. The van der Waals surface area contributed by atoms with E-state index in [0.29, 0.717) is 0 Å². The van der Waals surface area contributed by atoms with Gasteiger partial charge in [0.05, 0.1) is 6.16 Å². The minimum absolute atomic E-state index is 0.623. The van der Waals surface area contributed by atoms with E-state index in [4.69, 9.17) is 0 Å². The molecule has 0 spiro atoms. The van der Waals surface area contributed by atoms with E-state index >= 15 is 0 Å². The zero-order valence-corrected chi connectivity index (χ0v) is 8.18. The van der Waals surface area contributed by atoms with Gasteiger partial charge in [0.25, 0.3) is 0 Å². The van der Waals surface area contributed by atoms with Gasteiger partial charge >= 0.3 is 6.18 Å². The van der Waals surface area contributed by atoms with E-state index < -0.39 is 19.2 Å². The van der Waals surface area contributed by atoms with Gasteiger partial charge in [-0.3, -0.25) is 0 Å². The molecular formula is C7H14F3P. The highest BCUT2D eigenvalue weighted by molar-refractivity contribution is 7.74. The SMILES string of the molecule is CC(C)=P(C)(C)CC(F)(F)F. The fourth-order valence-corrected chi connectivity index (χ4v) is 1.82. The normalized spacial score (nSPS) is 13.4. The number of alkyl halides is 3. The fourth-order valence-electron chi connectivity index (χ4n) is 0.606. The first-order chi connectivity index (χ1) is 4.65. The summed E-state index contributed by atoms with van der Waals surface area (Å²) in [5, 5.41) is 0.926. The molecule has 11 heavy (non-hydrogen) atoms. The van der Waals surface area contributed by atoms with Crippen LogP contribution >= 0.6 is 6.89 Å². The molecule has 0 aliphatic carbocycles. The highest BCUT2D eigenvalue weighted by Gasteiger charge is 2.31. The third kappa shape index (κ3) is 4.52. The molecule has 0 aliphatic heterocycles. The van der Waals surface area contributed by atoms with Crippen molar-refractivity contribution in [3.63, 3.8) is 0 Å². The van der Waals surface area contributed by atoms with Gasteiger partial charge in [0, 0.05) is 0 Å². The Morgan fingerprint density at radius 2 is 1.55 bits per heavy atom. The minimum Gasteiger partial charge on any atom is -0.171 e. The second-order valence-electron chi connectivity index (χ2n) is 3.41. The minimum atomic E-state index is -4.01.